The predicted molar refractivity (Wildman–Crippen MR) is 157 cm³/mol. The molecule has 0 spiro atoms. The van der Waals surface area contributed by atoms with Crippen LogP contribution in [0, 0.1) is 0 Å². The van der Waals surface area contributed by atoms with E-state index in [0.29, 0.717) is 25.4 Å². The van der Waals surface area contributed by atoms with E-state index in [1.165, 1.54) is 5.56 Å². The summed E-state index contributed by atoms with van der Waals surface area (Å²) in [7, 11) is 0. The first kappa shape index (κ1) is 28.4. The lowest BCUT2D eigenvalue weighted by Crippen LogP contribution is -2.47. The third-order valence-electron chi connectivity index (χ3n) is 7.44. The highest BCUT2D eigenvalue weighted by Gasteiger charge is 2.27. The SMILES string of the molecule is CCOC(=O)CCCCn1nnc(-c2ccc(C(c3cccc(O)c3)N3CCN(Cc4ccccc4)CC3)cc2)n1. The van der Waals surface area contributed by atoms with Gasteiger partial charge in [0.2, 0.25) is 5.82 Å². The largest absolute Gasteiger partial charge is 0.508 e. The van der Waals surface area contributed by atoms with Crippen LogP contribution in [0.5, 0.6) is 5.75 Å². The van der Waals surface area contributed by atoms with E-state index >= 15 is 0 Å². The molecule has 0 aliphatic carbocycles. The quantitative estimate of drug-likeness (QED) is 0.199. The van der Waals surface area contributed by atoms with Crippen molar-refractivity contribution in [3.8, 4) is 17.1 Å². The van der Waals surface area contributed by atoms with Crippen molar-refractivity contribution < 1.29 is 14.6 Å². The summed E-state index contributed by atoms with van der Waals surface area (Å²) in [5, 5.41) is 23.2. The first-order chi connectivity index (χ1) is 20.1. The zero-order chi connectivity index (χ0) is 28.4. The van der Waals surface area contributed by atoms with Crippen molar-refractivity contribution in [2.45, 2.75) is 45.3 Å². The molecule has 2 heterocycles. The molecular weight excluding hydrogens is 516 g/mol. The number of carbonyl (C=O) groups excluding carboxylic acids is 1. The molecule has 1 aliphatic heterocycles. The molecule has 0 saturated carbocycles. The van der Waals surface area contributed by atoms with Crippen molar-refractivity contribution in [2.24, 2.45) is 0 Å². The van der Waals surface area contributed by atoms with Gasteiger partial charge < -0.3 is 9.84 Å². The van der Waals surface area contributed by atoms with Crippen LogP contribution in [-0.4, -0.2) is 73.9 Å². The Morgan fingerprint density at radius 2 is 1.71 bits per heavy atom. The number of carbonyl (C=O) groups is 1. The van der Waals surface area contributed by atoms with Gasteiger partial charge in [0.05, 0.1) is 19.2 Å². The molecule has 0 amide bonds. The van der Waals surface area contributed by atoms with E-state index in [2.05, 4.69) is 73.7 Å². The number of unbranched alkanes of at least 4 members (excludes halogenated alkanes) is 1. The second kappa shape index (κ2) is 14.0. The van der Waals surface area contributed by atoms with Crippen molar-refractivity contribution in [3.63, 3.8) is 0 Å². The molecule has 4 aromatic rings. The topological polar surface area (TPSA) is 96.6 Å². The van der Waals surface area contributed by atoms with E-state index in [-0.39, 0.29) is 17.8 Å². The molecule has 5 rings (SSSR count). The molecule has 3 aromatic carbocycles. The minimum Gasteiger partial charge on any atom is -0.508 e. The summed E-state index contributed by atoms with van der Waals surface area (Å²) >= 11 is 0. The number of piperazine rings is 1. The van der Waals surface area contributed by atoms with Crippen LogP contribution in [0.1, 0.15) is 48.9 Å². The fraction of sp³-hybridized carbons (Fsp3) is 0.375. The van der Waals surface area contributed by atoms with Gasteiger partial charge in [-0.05, 0) is 53.8 Å². The number of phenolic OH excluding ortho intramolecular Hbond substituents is 1. The number of esters is 1. The smallest absolute Gasteiger partial charge is 0.305 e. The summed E-state index contributed by atoms with van der Waals surface area (Å²) < 4.78 is 4.97. The minimum atomic E-state index is -0.169. The van der Waals surface area contributed by atoms with E-state index in [4.69, 9.17) is 4.74 Å². The molecule has 41 heavy (non-hydrogen) atoms. The first-order valence-corrected chi connectivity index (χ1v) is 14.4. The summed E-state index contributed by atoms with van der Waals surface area (Å²) in [5.74, 6) is 0.679. The minimum absolute atomic E-state index is 0.0260. The fourth-order valence-electron chi connectivity index (χ4n) is 5.35. The number of benzene rings is 3. The third kappa shape index (κ3) is 7.77. The Hall–Kier alpha value is -4.08. The van der Waals surface area contributed by atoms with Gasteiger partial charge in [0.15, 0.2) is 0 Å². The zero-order valence-electron chi connectivity index (χ0n) is 23.6. The highest BCUT2D eigenvalue weighted by atomic mass is 16.5. The number of phenols is 1. The van der Waals surface area contributed by atoms with Gasteiger partial charge in [-0.3, -0.25) is 14.6 Å². The standard InChI is InChI=1S/C32H38N6O3/c1-2-41-30(40)13-6-7-18-38-34-32(33-35-38)27-16-14-26(15-17-27)31(28-11-8-12-29(39)23-28)37-21-19-36(20-22-37)24-25-9-4-3-5-10-25/h3-5,8-12,14-17,23,31,39H,2,6-7,13,18-22,24H2,1H3. The maximum absolute atomic E-state index is 11.5. The lowest BCUT2D eigenvalue weighted by molar-refractivity contribution is -0.143. The van der Waals surface area contributed by atoms with Crippen LogP contribution in [0.4, 0.5) is 0 Å². The molecule has 214 valence electrons. The fourth-order valence-corrected chi connectivity index (χ4v) is 5.35. The van der Waals surface area contributed by atoms with Crippen molar-refractivity contribution >= 4 is 5.97 Å². The lowest BCUT2D eigenvalue weighted by atomic mass is 9.95. The molecule has 1 saturated heterocycles. The molecule has 1 fully saturated rings. The molecule has 1 N–H and O–H groups in total. The van der Waals surface area contributed by atoms with Gasteiger partial charge in [0.25, 0.3) is 0 Å². The summed E-state index contributed by atoms with van der Waals surface area (Å²) in [4.78, 5) is 18.1. The monoisotopic (exact) mass is 554 g/mol. The molecule has 9 nitrogen and oxygen atoms in total. The van der Waals surface area contributed by atoms with Crippen LogP contribution in [-0.2, 0) is 22.6 Å². The summed E-state index contributed by atoms with van der Waals surface area (Å²) in [5.41, 5.74) is 4.46. The molecular formula is C32H38N6O3. The van der Waals surface area contributed by atoms with Crippen LogP contribution in [0.25, 0.3) is 11.4 Å². The van der Waals surface area contributed by atoms with Crippen LogP contribution in [0.2, 0.25) is 0 Å². The number of hydrogen-bond donors (Lipinski definition) is 1. The summed E-state index contributed by atoms with van der Waals surface area (Å²) in [6.07, 6.45) is 1.90. The number of aromatic nitrogens is 4. The van der Waals surface area contributed by atoms with Gasteiger partial charge in [0, 0.05) is 44.7 Å². The third-order valence-corrected chi connectivity index (χ3v) is 7.44. The average molecular weight is 555 g/mol. The Morgan fingerprint density at radius 1 is 0.927 bits per heavy atom. The second-order valence-corrected chi connectivity index (χ2v) is 10.4. The molecule has 0 bridgehead atoms. The van der Waals surface area contributed by atoms with Crippen molar-refractivity contribution in [1.29, 1.82) is 0 Å². The number of aryl methyl sites for hydroxylation is 1. The molecule has 0 radical (unpaired) electrons. The molecule has 1 aromatic heterocycles. The number of rotatable bonds is 12. The Balaban J connectivity index is 1.24. The Kier molecular flexibility index (Phi) is 9.72. The summed E-state index contributed by atoms with van der Waals surface area (Å²) in [6, 6.07) is 26.5. The van der Waals surface area contributed by atoms with Gasteiger partial charge in [-0.15, -0.1) is 10.2 Å². The first-order valence-electron chi connectivity index (χ1n) is 14.4. The van der Waals surface area contributed by atoms with Gasteiger partial charge in [-0.2, -0.15) is 4.80 Å². The van der Waals surface area contributed by atoms with Gasteiger partial charge in [-0.1, -0.05) is 66.7 Å². The second-order valence-electron chi connectivity index (χ2n) is 10.4. The molecule has 1 unspecified atom stereocenters. The number of aromatic hydroxyl groups is 1. The normalized spacial score (nSPS) is 15.0. The van der Waals surface area contributed by atoms with Gasteiger partial charge in [-0.25, -0.2) is 0 Å². The van der Waals surface area contributed by atoms with Crippen LogP contribution < -0.4 is 0 Å². The van der Waals surface area contributed by atoms with Crippen molar-refractivity contribution in [1.82, 2.24) is 30.0 Å². The molecule has 1 aliphatic rings. The predicted octanol–water partition coefficient (Wildman–Crippen LogP) is 4.69. The van der Waals surface area contributed by atoms with Gasteiger partial charge >= 0.3 is 5.97 Å². The zero-order valence-corrected chi connectivity index (χ0v) is 23.6. The van der Waals surface area contributed by atoms with E-state index in [0.717, 1.165) is 62.3 Å². The lowest BCUT2D eigenvalue weighted by Gasteiger charge is -2.40. The Labute approximate surface area is 241 Å². The number of hydrogen-bond acceptors (Lipinski definition) is 8. The maximum atomic E-state index is 11.5. The molecule has 9 heteroatoms. The van der Waals surface area contributed by atoms with Crippen LogP contribution in [0.3, 0.4) is 0 Å². The van der Waals surface area contributed by atoms with Gasteiger partial charge in [0.1, 0.15) is 5.75 Å². The van der Waals surface area contributed by atoms with Crippen LogP contribution in [0.15, 0.2) is 78.9 Å². The molecule has 1 atom stereocenters. The van der Waals surface area contributed by atoms with Crippen molar-refractivity contribution in [3.05, 3.63) is 95.6 Å². The van der Waals surface area contributed by atoms with E-state index in [1.54, 1.807) is 10.9 Å². The maximum Gasteiger partial charge on any atom is 0.305 e. The van der Waals surface area contributed by atoms with Crippen molar-refractivity contribution in [2.75, 3.05) is 32.8 Å². The Bertz CT molecular complexity index is 1380. The average Bonchev–Trinajstić information content (AvgIpc) is 3.47. The van der Waals surface area contributed by atoms with Crippen LogP contribution >= 0.6 is 0 Å². The van der Waals surface area contributed by atoms with E-state index in [1.807, 2.05) is 31.2 Å². The van der Waals surface area contributed by atoms with E-state index < -0.39 is 0 Å². The number of ether oxygens (including phenoxy) is 1. The highest BCUT2D eigenvalue weighted by molar-refractivity contribution is 5.69. The summed E-state index contributed by atoms with van der Waals surface area (Å²) in [6.45, 7) is 7.60. The Morgan fingerprint density at radius 3 is 2.44 bits per heavy atom. The number of nitrogens with zero attached hydrogens (tertiary/aromatic N) is 6. The number of tetrazole rings is 1. The van der Waals surface area contributed by atoms with E-state index in [9.17, 15) is 9.90 Å². The highest BCUT2D eigenvalue weighted by Crippen LogP contribution is 2.32.